The van der Waals surface area contributed by atoms with Gasteiger partial charge in [0.1, 0.15) is 5.82 Å². The minimum atomic E-state index is -0.486. The van der Waals surface area contributed by atoms with Gasteiger partial charge in [-0.25, -0.2) is 4.98 Å². The Bertz CT molecular complexity index is 681. The van der Waals surface area contributed by atoms with Crippen LogP contribution in [0.5, 0.6) is 0 Å². The van der Waals surface area contributed by atoms with Crippen LogP contribution in [0.2, 0.25) is 0 Å². The first-order valence-electron chi connectivity index (χ1n) is 7.95. The number of anilines is 3. The number of rotatable bonds is 3. The van der Waals surface area contributed by atoms with Gasteiger partial charge in [0, 0.05) is 32.2 Å². The lowest BCUT2D eigenvalue weighted by atomic mass is 10.2. The van der Waals surface area contributed by atoms with Gasteiger partial charge in [-0.05, 0) is 40.9 Å². The number of nitrogens with zero attached hydrogens (tertiary/aromatic N) is 5. The van der Waals surface area contributed by atoms with E-state index < -0.39 is 4.92 Å². The van der Waals surface area contributed by atoms with Crippen LogP contribution in [-0.2, 0) is 0 Å². The molecule has 0 aliphatic carbocycles. The molecule has 4 heterocycles. The minimum Gasteiger partial charge on any atom is -0.384 e. The van der Waals surface area contributed by atoms with Gasteiger partial charge in [-0.3, -0.25) is 0 Å². The molecule has 4 rings (SSSR count). The molecule has 2 aromatic rings. The molecule has 0 radical (unpaired) electrons. The second kappa shape index (κ2) is 7.12. The van der Waals surface area contributed by atoms with Crippen LogP contribution in [0.4, 0.5) is 23.0 Å². The van der Waals surface area contributed by atoms with Crippen LogP contribution in [-0.4, -0.2) is 41.1 Å². The lowest BCUT2D eigenvalue weighted by molar-refractivity contribution is -0.389. The molecule has 0 saturated carbocycles. The molecule has 2 N–H and O–H groups in total. The quantitative estimate of drug-likeness (QED) is 0.679. The summed E-state index contributed by atoms with van der Waals surface area (Å²) >= 11 is 0. The molecule has 24 heavy (non-hydrogen) atoms. The van der Waals surface area contributed by atoms with Crippen molar-refractivity contribution in [2.45, 2.75) is 12.8 Å². The fourth-order valence-electron chi connectivity index (χ4n) is 2.41. The lowest BCUT2D eigenvalue weighted by Gasteiger charge is -2.32. The molecule has 0 spiro atoms. The van der Waals surface area contributed by atoms with Crippen LogP contribution in [0.1, 0.15) is 12.8 Å². The van der Waals surface area contributed by atoms with Crippen LogP contribution in [0, 0.1) is 10.1 Å². The van der Waals surface area contributed by atoms with Crippen molar-refractivity contribution in [1.82, 2.24) is 9.97 Å². The SMILES string of the molecule is Nc1ccc(N2CCC2)cn1.O=[N+]([O-])c1ccc(N2CCC2)cn1. The van der Waals surface area contributed by atoms with Gasteiger partial charge in [0.15, 0.2) is 6.20 Å². The van der Waals surface area contributed by atoms with Crippen molar-refractivity contribution >= 4 is 23.0 Å². The predicted octanol–water partition coefficient (Wildman–Crippen LogP) is 2.07. The summed E-state index contributed by atoms with van der Waals surface area (Å²) in [5.41, 5.74) is 7.61. The zero-order valence-electron chi connectivity index (χ0n) is 13.3. The molecule has 2 aliphatic rings. The van der Waals surface area contributed by atoms with E-state index in [1.165, 1.54) is 24.6 Å². The molecular weight excluding hydrogens is 308 g/mol. The molecule has 2 aliphatic heterocycles. The zero-order valence-corrected chi connectivity index (χ0v) is 13.3. The average Bonchev–Trinajstić information content (AvgIpc) is 2.47. The summed E-state index contributed by atoms with van der Waals surface area (Å²) < 4.78 is 0. The maximum Gasteiger partial charge on any atom is 0.363 e. The van der Waals surface area contributed by atoms with Gasteiger partial charge < -0.3 is 25.6 Å². The van der Waals surface area contributed by atoms with Crippen molar-refractivity contribution in [3.63, 3.8) is 0 Å². The maximum absolute atomic E-state index is 10.3. The number of hydrogen-bond acceptors (Lipinski definition) is 7. The monoisotopic (exact) mass is 328 g/mol. The highest BCUT2D eigenvalue weighted by molar-refractivity contribution is 5.49. The first-order chi connectivity index (χ1) is 11.6. The molecule has 0 amide bonds. The Labute approximate surface area is 140 Å². The summed E-state index contributed by atoms with van der Waals surface area (Å²) in [5.74, 6) is 0.499. The van der Waals surface area contributed by atoms with E-state index in [4.69, 9.17) is 5.73 Å². The van der Waals surface area contributed by atoms with Gasteiger partial charge >= 0.3 is 5.82 Å². The summed E-state index contributed by atoms with van der Waals surface area (Å²) in [5, 5.41) is 10.3. The van der Waals surface area contributed by atoms with E-state index in [1.807, 2.05) is 18.3 Å². The maximum atomic E-state index is 10.3. The third kappa shape index (κ3) is 3.70. The van der Waals surface area contributed by atoms with E-state index in [1.54, 1.807) is 12.3 Å². The number of hydrogen-bond donors (Lipinski definition) is 1. The third-order valence-electron chi connectivity index (χ3n) is 4.13. The summed E-state index contributed by atoms with van der Waals surface area (Å²) in [6.07, 6.45) is 5.87. The fourth-order valence-corrected chi connectivity index (χ4v) is 2.41. The fraction of sp³-hybridized carbons (Fsp3) is 0.375. The van der Waals surface area contributed by atoms with Gasteiger partial charge in [0.2, 0.25) is 0 Å². The highest BCUT2D eigenvalue weighted by Crippen LogP contribution is 2.21. The van der Waals surface area contributed by atoms with Crippen LogP contribution >= 0.6 is 0 Å². The van der Waals surface area contributed by atoms with E-state index in [2.05, 4.69) is 19.8 Å². The minimum absolute atomic E-state index is 0.0933. The highest BCUT2D eigenvalue weighted by Gasteiger charge is 2.17. The van der Waals surface area contributed by atoms with Crippen molar-refractivity contribution in [3.05, 3.63) is 46.8 Å². The molecular formula is C16H20N6O2. The van der Waals surface area contributed by atoms with Gasteiger partial charge in [0.05, 0.1) is 17.6 Å². The molecule has 2 fully saturated rings. The highest BCUT2D eigenvalue weighted by atomic mass is 16.6. The number of nitrogens with two attached hydrogens (primary N) is 1. The van der Waals surface area contributed by atoms with E-state index in [-0.39, 0.29) is 5.82 Å². The normalized spacial score (nSPS) is 15.7. The molecule has 126 valence electrons. The Kier molecular flexibility index (Phi) is 4.74. The molecule has 8 nitrogen and oxygen atoms in total. The van der Waals surface area contributed by atoms with Crippen molar-refractivity contribution < 1.29 is 4.92 Å². The molecule has 2 aromatic heterocycles. The molecule has 8 heteroatoms. The van der Waals surface area contributed by atoms with Crippen molar-refractivity contribution in [2.75, 3.05) is 41.7 Å². The van der Waals surface area contributed by atoms with E-state index in [0.717, 1.165) is 31.9 Å². The summed E-state index contributed by atoms with van der Waals surface area (Å²) in [7, 11) is 0. The van der Waals surface area contributed by atoms with E-state index in [9.17, 15) is 10.1 Å². The number of pyridine rings is 2. The van der Waals surface area contributed by atoms with Crippen molar-refractivity contribution in [3.8, 4) is 0 Å². The Morgan fingerprint density at radius 3 is 1.79 bits per heavy atom. The van der Waals surface area contributed by atoms with Crippen LogP contribution in [0.3, 0.4) is 0 Å². The van der Waals surface area contributed by atoms with Crippen LogP contribution in [0.15, 0.2) is 36.7 Å². The van der Waals surface area contributed by atoms with E-state index in [0.29, 0.717) is 5.82 Å². The zero-order chi connectivity index (χ0) is 16.9. The molecule has 0 unspecified atom stereocenters. The number of nitro groups is 1. The Hall–Kier alpha value is -2.90. The van der Waals surface area contributed by atoms with Crippen molar-refractivity contribution in [2.24, 2.45) is 0 Å². The predicted molar refractivity (Wildman–Crippen MR) is 93.2 cm³/mol. The first-order valence-corrected chi connectivity index (χ1v) is 7.95. The second-order valence-corrected chi connectivity index (χ2v) is 5.75. The Morgan fingerprint density at radius 1 is 0.917 bits per heavy atom. The average molecular weight is 328 g/mol. The lowest BCUT2D eigenvalue weighted by Crippen LogP contribution is -2.36. The smallest absolute Gasteiger partial charge is 0.363 e. The second-order valence-electron chi connectivity index (χ2n) is 5.75. The molecule has 2 saturated heterocycles. The van der Waals surface area contributed by atoms with Gasteiger partial charge in [0.25, 0.3) is 0 Å². The first kappa shape index (κ1) is 16.0. The number of aromatic nitrogens is 2. The molecule has 0 atom stereocenters. The summed E-state index contributed by atoms with van der Waals surface area (Å²) in [6, 6.07) is 7.03. The third-order valence-corrected chi connectivity index (χ3v) is 4.13. The standard InChI is InChI=1S/C8H9N3O2.C8H11N3/c12-11(13)8-3-2-7(6-9-8)10-4-1-5-10;9-8-3-2-7(6-10-8)11-4-1-5-11/h2-3,6H,1,4-5H2;2-3,6H,1,4-5H2,(H2,9,10). The van der Waals surface area contributed by atoms with Gasteiger partial charge in [-0.1, -0.05) is 0 Å². The topological polar surface area (TPSA) is 101 Å². The largest absolute Gasteiger partial charge is 0.384 e. The number of nitrogen functional groups attached to an aromatic ring is 1. The molecule has 0 aromatic carbocycles. The summed E-state index contributed by atoms with van der Waals surface area (Å²) in [4.78, 5) is 22.0. The Balaban J connectivity index is 0.000000143. The van der Waals surface area contributed by atoms with Gasteiger partial charge in [-0.2, -0.15) is 0 Å². The van der Waals surface area contributed by atoms with Crippen LogP contribution in [0.25, 0.3) is 0 Å². The van der Waals surface area contributed by atoms with Crippen molar-refractivity contribution in [1.29, 1.82) is 0 Å². The van der Waals surface area contributed by atoms with E-state index >= 15 is 0 Å². The summed E-state index contributed by atoms with van der Waals surface area (Å²) in [6.45, 7) is 4.37. The van der Waals surface area contributed by atoms with Gasteiger partial charge in [-0.15, -0.1) is 0 Å². The molecule has 0 bridgehead atoms. The Morgan fingerprint density at radius 2 is 1.46 bits per heavy atom. The van der Waals surface area contributed by atoms with Crippen LogP contribution < -0.4 is 15.5 Å².